The first-order valence-corrected chi connectivity index (χ1v) is 6.96. The third kappa shape index (κ3) is 3.48. The number of ether oxygens (including phenoxy) is 1. The van der Waals surface area contributed by atoms with Gasteiger partial charge in [-0.25, -0.2) is 0 Å². The third-order valence-electron chi connectivity index (χ3n) is 4.55. The van der Waals surface area contributed by atoms with Gasteiger partial charge in [-0.05, 0) is 31.1 Å². The molecule has 0 N–H and O–H groups in total. The Morgan fingerprint density at radius 2 is 1.87 bits per heavy atom. The molecule has 0 bridgehead atoms. The molecular formula is C14H26O. The third-order valence-corrected chi connectivity index (χ3v) is 4.55. The smallest absolute Gasteiger partial charge is 0.0810 e. The minimum Gasteiger partial charge on any atom is -0.373 e. The first-order valence-electron chi connectivity index (χ1n) is 6.96. The molecule has 0 aromatic heterocycles. The van der Waals surface area contributed by atoms with Crippen molar-refractivity contribution >= 4 is 0 Å². The van der Waals surface area contributed by atoms with Crippen molar-refractivity contribution in [2.75, 3.05) is 6.61 Å². The van der Waals surface area contributed by atoms with Gasteiger partial charge in [0, 0.05) is 0 Å². The number of rotatable bonds is 6. The number of hydrogen-bond acceptors (Lipinski definition) is 1. The van der Waals surface area contributed by atoms with Crippen LogP contribution in [0.15, 0.2) is 0 Å². The van der Waals surface area contributed by atoms with Crippen molar-refractivity contribution < 1.29 is 4.74 Å². The van der Waals surface area contributed by atoms with E-state index in [-0.39, 0.29) is 0 Å². The number of unbranched alkanes of at least 4 members (excludes halogenated alkanes) is 1. The highest BCUT2D eigenvalue weighted by atomic mass is 16.6. The Bertz CT molecular complexity index is 178. The number of epoxide rings is 1. The molecule has 2 fully saturated rings. The minimum atomic E-state index is 0.647. The number of hydrogen-bond donors (Lipinski definition) is 0. The van der Waals surface area contributed by atoms with Crippen LogP contribution >= 0.6 is 0 Å². The van der Waals surface area contributed by atoms with Gasteiger partial charge in [0.1, 0.15) is 0 Å². The molecule has 1 saturated heterocycles. The summed E-state index contributed by atoms with van der Waals surface area (Å²) in [4.78, 5) is 0. The van der Waals surface area contributed by atoms with E-state index in [4.69, 9.17) is 4.74 Å². The zero-order valence-electron chi connectivity index (χ0n) is 10.3. The van der Waals surface area contributed by atoms with E-state index in [0.717, 1.165) is 12.0 Å². The fraction of sp³-hybridized carbons (Fsp3) is 1.00. The molecular weight excluding hydrogens is 184 g/mol. The van der Waals surface area contributed by atoms with Crippen molar-refractivity contribution in [2.24, 2.45) is 5.41 Å². The van der Waals surface area contributed by atoms with Crippen molar-refractivity contribution in [2.45, 2.75) is 77.2 Å². The molecule has 2 rings (SSSR count). The Labute approximate surface area is 94.6 Å². The summed E-state index contributed by atoms with van der Waals surface area (Å²) in [6.45, 7) is 3.44. The highest BCUT2D eigenvalue weighted by molar-refractivity contribution is 4.81. The largest absolute Gasteiger partial charge is 0.373 e. The fourth-order valence-corrected chi connectivity index (χ4v) is 3.19. The Kier molecular flexibility index (Phi) is 4.07. The average Bonchev–Trinajstić information content (AvgIpc) is 3.10. The van der Waals surface area contributed by atoms with E-state index in [0.29, 0.717) is 6.10 Å². The van der Waals surface area contributed by atoms with Crippen LogP contribution in [0, 0.1) is 5.41 Å². The summed E-state index contributed by atoms with van der Waals surface area (Å²) in [7, 11) is 0. The van der Waals surface area contributed by atoms with Gasteiger partial charge in [0.25, 0.3) is 0 Å². The lowest BCUT2D eigenvalue weighted by atomic mass is 9.69. The van der Waals surface area contributed by atoms with Gasteiger partial charge in [-0.1, -0.05) is 45.4 Å². The Morgan fingerprint density at radius 3 is 2.47 bits per heavy atom. The summed E-state index contributed by atoms with van der Waals surface area (Å²) in [5.41, 5.74) is 0.739. The predicted molar refractivity (Wildman–Crippen MR) is 64.0 cm³/mol. The maximum absolute atomic E-state index is 5.25. The van der Waals surface area contributed by atoms with E-state index in [1.54, 1.807) is 0 Å². The van der Waals surface area contributed by atoms with E-state index < -0.39 is 0 Å². The zero-order chi connectivity index (χ0) is 10.6. The van der Waals surface area contributed by atoms with Crippen molar-refractivity contribution in [1.82, 2.24) is 0 Å². The zero-order valence-corrected chi connectivity index (χ0v) is 10.3. The molecule has 0 radical (unpaired) electrons. The SMILES string of the molecule is CCC1(CCCCC2CO2)CCCCC1. The summed E-state index contributed by atoms with van der Waals surface area (Å²) < 4.78 is 5.25. The molecule has 1 unspecified atom stereocenters. The Morgan fingerprint density at radius 1 is 1.13 bits per heavy atom. The molecule has 1 saturated carbocycles. The molecule has 0 aromatic carbocycles. The lowest BCUT2D eigenvalue weighted by Crippen LogP contribution is -2.23. The lowest BCUT2D eigenvalue weighted by Gasteiger charge is -2.36. The lowest BCUT2D eigenvalue weighted by molar-refractivity contribution is 0.159. The van der Waals surface area contributed by atoms with Crippen LogP contribution in [0.5, 0.6) is 0 Å². The Hall–Kier alpha value is -0.0400. The molecule has 0 aromatic rings. The van der Waals surface area contributed by atoms with E-state index in [1.165, 1.54) is 64.2 Å². The van der Waals surface area contributed by atoms with Crippen LogP contribution in [-0.2, 0) is 4.74 Å². The molecule has 2 aliphatic rings. The molecule has 15 heavy (non-hydrogen) atoms. The maximum Gasteiger partial charge on any atom is 0.0810 e. The van der Waals surface area contributed by atoms with Crippen LogP contribution in [0.3, 0.4) is 0 Å². The van der Waals surface area contributed by atoms with Gasteiger partial charge in [0.15, 0.2) is 0 Å². The first-order chi connectivity index (χ1) is 7.35. The van der Waals surface area contributed by atoms with Crippen LogP contribution < -0.4 is 0 Å². The topological polar surface area (TPSA) is 12.5 Å². The second-order valence-corrected chi connectivity index (χ2v) is 5.62. The van der Waals surface area contributed by atoms with Crippen molar-refractivity contribution in [3.63, 3.8) is 0 Å². The standard InChI is InChI=1S/C14H26O/c1-2-14(9-5-3-6-10-14)11-7-4-8-13-12-15-13/h13H,2-12H2,1H3. The molecule has 0 spiro atoms. The van der Waals surface area contributed by atoms with Gasteiger partial charge in [0.2, 0.25) is 0 Å². The van der Waals surface area contributed by atoms with Crippen molar-refractivity contribution in [3.8, 4) is 0 Å². The van der Waals surface area contributed by atoms with E-state index >= 15 is 0 Å². The average molecular weight is 210 g/mol. The fourth-order valence-electron chi connectivity index (χ4n) is 3.19. The second kappa shape index (κ2) is 5.34. The molecule has 1 aliphatic heterocycles. The summed E-state index contributed by atoms with van der Waals surface area (Å²) >= 11 is 0. The second-order valence-electron chi connectivity index (χ2n) is 5.62. The highest BCUT2D eigenvalue weighted by Crippen LogP contribution is 2.43. The normalized spacial score (nSPS) is 29.0. The van der Waals surface area contributed by atoms with Crippen molar-refractivity contribution in [1.29, 1.82) is 0 Å². The molecule has 1 heterocycles. The van der Waals surface area contributed by atoms with Crippen LogP contribution in [0.2, 0.25) is 0 Å². The first kappa shape index (κ1) is 11.4. The predicted octanol–water partition coefficient (Wildman–Crippen LogP) is 4.31. The Balaban J connectivity index is 1.64. The van der Waals surface area contributed by atoms with Crippen LogP contribution in [-0.4, -0.2) is 12.7 Å². The molecule has 88 valence electrons. The van der Waals surface area contributed by atoms with Gasteiger partial charge in [-0.15, -0.1) is 0 Å². The quantitative estimate of drug-likeness (QED) is 0.470. The summed E-state index contributed by atoms with van der Waals surface area (Å²) in [6.07, 6.45) is 15.2. The summed E-state index contributed by atoms with van der Waals surface area (Å²) in [5.74, 6) is 0. The molecule has 1 nitrogen and oxygen atoms in total. The van der Waals surface area contributed by atoms with E-state index in [1.807, 2.05) is 0 Å². The van der Waals surface area contributed by atoms with Gasteiger partial charge in [-0.3, -0.25) is 0 Å². The molecule has 1 atom stereocenters. The van der Waals surface area contributed by atoms with Crippen LogP contribution in [0.1, 0.15) is 71.1 Å². The van der Waals surface area contributed by atoms with Crippen LogP contribution in [0.25, 0.3) is 0 Å². The van der Waals surface area contributed by atoms with Crippen LogP contribution in [0.4, 0.5) is 0 Å². The van der Waals surface area contributed by atoms with E-state index in [9.17, 15) is 0 Å². The monoisotopic (exact) mass is 210 g/mol. The molecule has 0 amide bonds. The maximum atomic E-state index is 5.25. The van der Waals surface area contributed by atoms with E-state index in [2.05, 4.69) is 6.92 Å². The highest BCUT2D eigenvalue weighted by Gasteiger charge is 2.29. The van der Waals surface area contributed by atoms with Gasteiger partial charge in [0.05, 0.1) is 12.7 Å². The minimum absolute atomic E-state index is 0.647. The molecule has 1 heteroatoms. The molecule has 1 aliphatic carbocycles. The summed E-state index contributed by atoms with van der Waals surface area (Å²) in [5, 5.41) is 0. The van der Waals surface area contributed by atoms with Crippen molar-refractivity contribution in [3.05, 3.63) is 0 Å². The van der Waals surface area contributed by atoms with Gasteiger partial charge >= 0.3 is 0 Å². The van der Waals surface area contributed by atoms with Gasteiger partial charge < -0.3 is 4.74 Å². The van der Waals surface area contributed by atoms with Gasteiger partial charge in [-0.2, -0.15) is 0 Å². The summed E-state index contributed by atoms with van der Waals surface area (Å²) in [6, 6.07) is 0.